The number of pyridine rings is 2. The van der Waals surface area contributed by atoms with Crippen molar-refractivity contribution in [2.45, 2.75) is 45.6 Å². The maximum Gasteiger partial charge on any atom is 0.220 e. The largest absolute Gasteiger partial charge is 0.492 e. The molecule has 1 fully saturated rings. The molecule has 1 amide bonds. The summed E-state index contributed by atoms with van der Waals surface area (Å²) in [6.45, 7) is 7.75. The topological polar surface area (TPSA) is 116 Å². The van der Waals surface area contributed by atoms with E-state index in [0.717, 1.165) is 16.9 Å². The third kappa shape index (κ3) is 5.23. The Morgan fingerprint density at radius 2 is 2.09 bits per heavy atom. The fourth-order valence-corrected chi connectivity index (χ4v) is 4.58. The number of piperidine rings is 1. The van der Waals surface area contributed by atoms with Crippen molar-refractivity contribution < 1.29 is 14.6 Å². The van der Waals surface area contributed by atoms with Crippen LogP contribution in [0.25, 0.3) is 16.6 Å². The molecule has 0 aromatic carbocycles. The lowest BCUT2D eigenvalue weighted by Gasteiger charge is -2.41. The second-order valence-electron chi connectivity index (χ2n) is 9.46. The number of amides is 1. The molecule has 3 aromatic heterocycles. The van der Waals surface area contributed by atoms with Crippen molar-refractivity contribution in [2.75, 3.05) is 31.2 Å². The van der Waals surface area contributed by atoms with Crippen molar-refractivity contribution in [3.63, 3.8) is 0 Å². The molecule has 0 unspecified atom stereocenters. The van der Waals surface area contributed by atoms with Gasteiger partial charge in [-0.2, -0.15) is 10.4 Å². The van der Waals surface area contributed by atoms with E-state index in [0.29, 0.717) is 55.8 Å². The average Bonchev–Trinajstić information content (AvgIpc) is 3.27. The maximum absolute atomic E-state index is 12.3. The van der Waals surface area contributed by atoms with Crippen LogP contribution in [0.3, 0.4) is 0 Å². The van der Waals surface area contributed by atoms with Crippen LogP contribution < -0.4 is 15.0 Å². The Morgan fingerprint density at radius 3 is 2.69 bits per heavy atom. The molecule has 1 saturated heterocycles. The van der Waals surface area contributed by atoms with Crippen LogP contribution in [-0.4, -0.2) is 57.5 Å². The third-order valence-corrected chi connectivity index (χ3v) is 6.42. The summed E-state index contributed by atoms with van der Waals surface area (Å²) in [5, 5.41) is 26.9. The van der Waals surface area contributed by atoms with Crippen LogP contribution in [0.1, 0.15) is 45.6 Å². The summed E-state index contributed by atoms with van der Waals surface area (Å²) >= 11 is 0. The Bertz CT molecular complexity index is 1220. The van der Waals surface area contributed by atoms with Crippen LogP contribution >= 0.6 is 0 Å². The van der Waals surface area contributed by atoms with Crippen LogP contribution in [0, 0.1) is 17.2 Å². The SMILES string of the molecule is CCOc1cc(-c2ccc(N3CCC(CO)(NC(=O)CC(C)C)CC3)nc2)c2c(C#N)cnn2c1. The van der Waals surface area contributed by atoms with Crippen LogP contribution in [0.5, 0.6) is 5.75 Å². The number of carbonyl (C=O) groups is 1. The van der Waals surface area contributed by atoms with E-state index in [9.17, 15) is 15.2 Å². The van der Waals surface area contributed by atoms with Gasteiger partial charge in [-0.15, -0.1) is 0 Å². The zero-order valence-corrected chi connectivity index (χ0v) is 20.5. The molecule has 1 aliphatic rings. The van der Waals surface area contributed by atoms with Gasteiger partial charge in [-0.3, -0.25) is 4.79 Å². The van der Waals surface area contributed by atoms with E-state index in [2.05, 4.69) is 21.4 Å². The van der Waals surface area contributed by atoms with E-state index in [1.54, 1.807) is 23.1 Å². The lowest BCUT2D eigenvalue weighted by Crippen LogP contribution is -2.57. The van der Waals surface area contributed by atoms with Gasteiger partial charge in [-0.05, 0) is 43.9 Å². The van der Waals surface area contributed by atoms with E-state index in [1.165, 1.54) is 0 Å². The summed E-state index contributed by atoms with van der Waals surface area (Å²) in [5.41, 5.74) is 2.31. The van der Waals surface area contributed by atoms with Crippen LogP contribution in [0.4, 0.5) is 5.82 Å². The van der Waals surface area contributed by atoms with Gasteiger partial charge in [0.05, 0.1) is 42.2 Å². The van der Waals surface area contributed by atoms with E-state index in [1.807, 2.05) is 39.0 Å². The van der Waals surface area contributed by atoms with E-state index in [-0.39, 0.29) is 18.4 Å². The van der Waals surface area contributed by atoms with Gasteiger partial charge >= 0.3 is 0 Å². The summed E-state index contributed by atoms with van der Waals surface area (Å²) in [6.07, 6.45) is 6.87. The zero-order valence-electron chi connectivity index (χ0n) is 20.5. The minimum Gasteiger partial charge on any atom is -0.492 e. The number of carbonyl (C=O) groups excluding carboxylic acids is 1. The number of anilines is 1. The third-order valence-electron chi connectivity index (χ3n) is 6.42. The minimum absolute atomic E-state index is 0.0119. The summed E-state index contributed by atoms with van der Waals surface area (Å²) in [4.78, 5) is 19.2. The molecule has 9 heteroatoms. The van der Waals surface area contributed by atoms with Gasteiger partial charge in [0.1, 0.15) is 17.6 Å². The number of hydrogen-bond donors (Lipinski definition) is 2. The number of aliphatic hydroxyl groups excluding tert-OH is 1. The quantitative estimate of drug-likeness (QED) is 0.513. The maximum atomic E-state index is 12.3. The molecule has 2 N–H and O–H groups in total. The predicted octanol–water partition coefficient (Wildman–Crippen LogP) is 3.16. The van der Waals surface area contributed by atoms with E-state index >= 15 is 0 Å². The van der Waals surface area contributed by atoms with Crippen molar-refractivity contribution >= 4 is 17.2 Å². The molecule has 0 bridgehead atoms. The molecule has 1 aliphatic heterocycles. The first-order valence-electron chi connectivity index (χ1n) is 12.1. The van der Waals surface area contributed by atoms with Crippen molar-refractivity contribution in [1.29, 1.82) is 5.26 Å². The fraction of sp³-hybridized carbons (Fsp3) is 0.462. The molecular weight excluding hydrogens is 444 g/mol. The fourth-order valence-electron chi connectivity index (χ4n) is 4.58. The molecule has 0 saturated carbocycles. The smallest absolute Gasteiger partial charge is 0.220 e. The molecule has 0 spiro atoms. The number of nitriles is 1. The number of nitrogens with one attached hydrogen (secondary N) is 1. The number of aliphatic hydroxyl groups is 1. The lowest BCUT2D eigenvalue weighted by atomic mass is 9.87. The van der Waals surface area contributed by atoms with E-state index < -0.39 is 5.54 Å². The van der Waals surface area contributed by atoms with Crippen molar-refractivity contribution in [3.8, 4) is 22.9 Å². The number of aromatic nitrogens is 3. The summed E-state index contributed by atoms with van der Waals surface area (Å²) in [5.74, 6) is 1.76. The van der Waals surface area contributed by atoms with Crippen molar-refractivity contribution in [2.24, 2.45) is 5.92 Å². The molecule has 0 atom stereocenters. The monoisotopic (exact) mass is 476 g/mol. The first-order valence-corrected chi connectivity index (χ1v) is 12.1. The molecular formula is C26H32N6O3. The number of rotatable bonds is 8. The standard InChI is InChI=1S/C26H32N6O3/c1-4-35-21-12-22(25-20(13-27)15-29-32(25)16-21)19-5-6-23(28-14-19)31-9-7-26(17-33,8-10-31)30-24(34)11-18(2)3/h5-6,12,14-16,18,33H,4,7-11,17H2,1-3H3,(H,30,34). The minimum atomic E-state index is -0.580. The van der Waals surface area contributed by atoms with Gasteiger partial charge in [-0.1, -0.05) is 13.8 Å². The molecule has 0 aliphatic carbocycles. The van der Waals surface area contributed by atoms with Gasteiger partial charge in [-0.25, -0.2) is 9.50 Å². The Morgan fingerprint density at radius 1 is 1.31 bits per heavy atom. The highest BCUT2D eigenvalue weighted by molar-refractivity contribution is 5.85. The Balaban J connectivity index is 1.53. The molecule has 9 nitrogen and oxygen atoms in total. The molecule has 4 heterocycles. The number of ether oxygens (including phenoxy) is 1. The first kappa shape index (κ1) is 24.5. The molecule has 35 heavy (non-hydrogen) atoms. The highest BCUT2D eigenvalue weighted by Crippen LogP contribution is 2.32. The predicted molar refractivity (Wildman–Crippen MR) is 133 cm³/mol. The normalized spacial score (nSPS) is 15.3. The van der Waals surface area contributed by atoms with Gasteiger partial charge in [0.25, 0.3) is 0 Å². The number of fused-ring (bicyclic) bond motifs is 1. The van der Waals surface area contributed by atoms with Crippen LogP contribution in [-0.2, 0) is 4.79 Å². The van der Waals surface area contributed by atoms with Crippen molar-refractivity contribution in [1.82, 2.24) is 19.9 Å². The highest BCUT2D eigenvalue weighted by Gasteiger charge is 2.35. The van der Waals surface area contributed by atoms with Crippen LogP contribution in [0.2, 0.25) is 0 Å². The second-order valence-corrected chi connectivity index (χ2v) is 9.46. The number of nitrogens with zero attached hydrogens (tertiary/aromatic N) is 5. The van der Waals surface area contributed by atoms with Crippen molar-refractivity contribution in [3.05, 3.63) is 42.4 Å². The van der Waals surface area contributed by atoms with Crippen LogP contribution in [0.15, 0.2) is 36.8 Å². The average molecular weight is 477 g/mol. The Hall–Kier alpha value is -3.64. The van der Waals surface area contributed by atoms with Gasteiger partial charge < -0.3 is 20.1 Å². The summed E-state index contributed by atoms with van der Waals surface area (Å²) in [7, 11) is 0. The number of hydrogen-bond acceptors (Lipinski definition) is 7. The molecule has 184 valence electrons. The summed E-state index contributed by atoms with van der Waals surface area (Å²) < 4.78 is 7.36. The van der Waals surface area contributed by atoms with Gasteiger partial charge in [0.15, 0.2) is 0 Å². The zero-order chi connectivity index (χ0) is 25.0. The first-order chi connectivity index (χ1) is 16.9. The Labute approximate surface area is 205 Å². The highest BCUT2D eigenvalue weighted by atomic mass is 16.5. The summed E-state index contributed by atoms with van der Waals surface area (Å²) in [6, 6.07) is 8.07. The van der Waals surface area contributed by atoms with E-state index in [4.69, 9.17) is 9.72 Å². The molecule has 3 aromatic rings. The molecule has 0 radical (unpaired) electrons. The lowest BCUT2D eigenvalue weighted by molar-refractivity contribution is -0.124. The van der Waals surface area contributed by atoms with Gasteiger partial charge in [0.2, 0.25) is 5.91 Å². The molecule has 4 rings (SSSR count). The van der Waals surface area contributed by atoms with Gasteiger partial charge in [0, 0.05) is 36.8 Å². The second kappa shape index (κ2) is 10.3. The Kier molecular flexibility index (Phi) is 7.22.